The number of rotatable bonds is 4. The first-order chi connectivity index (χ1) is 12.8. The molecule has 26 heavy (non-hydrogen) atoms. The number of aliphatic imine (C=N–C) groups is 1. The molecule has 1 aliphatic heterocycles. The number of nitrogens with one attached hydrogen (secondary N) is 2. The minimum absolute atomic E-state index is 0.872. The summed E-state index contributed by atoms with van der Waals surface area (Å²) >= 11 is 1.61. The van der Waals surface area contributed by atoms with Gasteiger partial charge in [0.05, 0.1) is 18.6 Å². The van der Waals surface area contributed by atoms with E-state index in [0.717, 1.165) is 40.7 Å². The molecule has 0 saturated carbocycles. The number of nitrogens with zero attached hydrogens (tertiary/aromatic N) is 3. The van der Waals surface area contributed by atoms with Gasteiger partial charge >= 0.3 is 0 Å². The van der Waals surface area contributed by atoms with Crippen LogP contribution in [0.5, 0.6) is 0 Å². The molecule has 0 saturated heterocycles. The van der Waals surface area contributed by atoms with Gasteiger partial charge in [-0.2, -0.15) is 0 Å². The molecule has 5 nitrogen and oxygen atoms in total. The second-order valence-electron chi connectivity index (χ2n) is 6.20. The lowest BCUT2D eigenvalue weighted by Gasteiger charge is -2.13. The Morgan fingerprint density at radius 3 is 2.85 bits per heavy atom. The highest BCUT2D eigenvalue weighted by Crippen LogP contribution is 2.29. The van der Waals surface area contributed by atoms with Gasteiger partial charge in [0.25, 0.3) is 0 Å². The summed E-state index contributed by atoms with van der Waals surface area (Å²) in [5.41, 5.74) is 5.46. The average molecular weight is 359 g/mol. The Labute approximate surface area is 155 Å². The number of aromatic nitrogens is 2. The van der Waals surface area contributed by atoms with Crippen molar-refractivity contribution in [2.75, 3.05) is 23.3 Å². The number of fused-ring (bicyclic) bond motifs is 1. The monoisotopic (exact) mass is 359 g/mol. The average Bonchev–Trinajstić information content (AvgIpc) is 3.43. The number of thiazole rings is 1. The first-order valence-corrected chi connectivity index (χ1v) is 9.40. The highest BCUT2D eigenvalue weighted by molar-refractivity contribution is 7.14. The van der Waals surface area contributed by atoms with Crippen molar-refractivity contribution in [2.45, 2.75) is 0 Å². The molecule has 2 N–H and O–H groups in total. The van der Waals surface area contributed by atoms with E-state index < -0.39 is 0 Å². The van der Waals surface area contributed by atoms with E-state index in [2.05, 4.69) is 74.1 Å². The Kier molecular flexibility index (Phi) is 3.68. The van der Waals surface area contributed by atoms with Crippen molar-refractivity contribution < 1.29 is 0 Å². The summed E-state index contributed by atoms with van der Waals surface area (Å²) in [6, 6.07) is 16.8. The third-order valence-corrected chi connectivity index (χ3v) is 5.25. The van der Waals surface area contributed by atoms with E-state index in [-0.39, 0.29) is 0 Å². The molecule has 0 amide bonds. The zero-order valence-corrected chi connectivity index (χ0v) is 14.8. The molecular weight excluding hydrogens is 342 g/mol. The SMILES string of the molecule is C1=NCCN1c1ccc(-c2csc(Nc3ccc4[nH]ccc4c3)n2)cc1. The Hall–Kier alpha value is -3.12. The van der Waals surface area contributed by atoms with Crippen molar-refractivity contribution in [1.82, 2.24) is 9.97 Å². The first-order valence-electron chi connectivity index (χ1n) is 8.52. The summed E-state index contributed by atoms with van der Waals surface area (Å²) in [6.45, 7) is 1.83. The van der Waals surface area contributed by atoms with E-state index in [0.29, 0.717) is 0 Å². The molecule has 0 radical (unpaired) electrons. The van der Waals surface area contributed by atoms with Gasteiger partial charge in [-0.05, 0) is 36.4 Å². The van der Waals surface area contributed by atoms with E-state index >= 15 is 0 Å². The van der Waals surface area contributed by atoms with Gasteiger partial charge in [-0.3, -0.25) is 4.99 Å². The predicted molar refractivity (Wildman–Crippen MR) is 110 cm³/mol. The van der Waals surface area contributed by atoms with Gasteiger partial charge < -0.3 is 15.2 Å². The van der Waals surface area contributed by atoms with Gasteiger partial charge in [0.15, 0.2) is 5.13 Å². The summed E-state index contributed by atoms with van der Waals surface area (Å²) in [6.07, 6.45) is 3.86. The smallest absolute Gasteiger partial charge is 0.187 e. The van der Waals surface area contributed by atoms with Gasteiger partial charge in [0, 0.05) is 46.0 Å². The van der Waals surface area contributed by atoms with Crippen LogP contribution in [0.2, 0.25) is 0 Å². The van der Waals surface area contributed by atoms with Crippen LogP contribution in [0.3, 0.4) is 0 Å². The summed E-state index contributed by atoms with van der Waals surface area (Å²) < 4.78 is 0. The molecule has 0 unspecified atom stereocenters. The number of hydrogen-bond acceptors (Lipinski definition) is 5. The highest BCUT2D eigenvalue weighted by Gasteiger charge is 2.09. The topological polar surface area (TPSA) is 56.3 Å². The molecule has 5 rings (SSSR count). The van der Waals surface area contributed by atoms with Gasteiger partial charge in [0.1, 0.15) is 0 Å². The number of hydrogen-bond donors (Lipinski definition) is 2. The van der Waals surface area contributed by atoms with Crippen LogP contribution in [0.15, 0.2) is 65.1 Å². The number of aromatic amines is 1. The largest absolute Gasteiger partial charge is 0.361 e. The van der Waals surface area contributed by atoms with Crippen LogP contribution in [-0.4, -0.2) is 29.4 Å². The summed E-state index contributed by atoms with van der Waals surface area (Å²) in [5.74, 6) is 0. The number of H-pyrrole nitrogens is 1. The zero-order chi connectivity index (χ0) is 17.3. The van der Waals surface area contributed by atoms with Crippen molar-refractivity contribution in [3.63, 3.8) is 0 Å². The Morgan fingerprint density at radius 1 is 1.08 bits per heavy atom. The first kappa shape index (κ1) is 15.2. The van der Waals surface area contributed by atoms with Gasteiger partial charge in [-0.15, -0.1) is 11.3 Å². The minimum Gasteiger partial charge on any atom is -0.361 e. The van der Waals surface area contributed by atoms with E-state index in [1.807, 2.05) is 12.5 Å². The van der Waals surface area contributed by atoms with E-state index in [9.17, 15) is 0 Å². The maximum Gasteiger partial charge on any atom is 0.187 e. The summed E-state index contributed by atoms with van der Waals surface area (Å²) in [5, 5.41) is 7.57. The van der Waals surface area contributed by atoms with Crippen LogP contribution in [-0.2, 0) is 0 Å². The van der Waals surface area contributed by atoms with Crippen molar-refractivity contribution in [3.8, 4) is 11.3 Å². The Morgan fingerprint density at radius 2 is 2.00 bits per heavy atom. The summed E-state index contributed by atoms with van der Waals surface area (Å²) in [4.78, 5) is 14.4. The molecular formula is C20H17N5S. The number of benzene rings is 2. The van der Waals surface area contributed by atoms with Crippen molar-refractivity contribution in [3.05, 3.63) is 60.1 Å². The van der Waals surface area contributed by atoms with Crippen LogP contribution in [0.4, 0.5) is 16.5 Å². The fraction of sp³-hybridized carbons (Fsp3) is 0.100. The molecule has 0 fully saturated rings. The molecule has 1 aliphatic rings. The molecule has 0 bridgehead atoms. The van der Waals surface area contributed by atoms with Crippen LogP contribution < -0.4 is 10.2 Å². The Bertz CT molecular complexity index is 1080. The van der Waals surface area contributed by atoms with Crippen LogP contribution in [0.1, 0.15) is 0 Å². The van der Waals surface area contributed by atoms with Crippen molar-refractivity contribution >= 4 is 45.1 Å². The van der Waals surface area contributed by atoms with E-state index in [4.69, 9.17) is 4.98 Å². The molecule has 2 aromatic heterocycles. The lowest BCUT2D eigenvalue weighted by atomic mass is 10.1. The molecule has 128 valence electrons. The quantitative estimate of drug-likeness (QED) is 0.546. The van der Waals surface area contributed by atoms with Crippen LogP contribution in [0.25, 0.3) is 22.2 Å². The van der Waals surface area contributed by atoms with Crippen LogP contribution >= 0.6 is 11.3 Å². The molecule has 0 atom stereocenters. The molecule has 2 aromatic carbocycles. The minimum atomic E-state index is 0.872. The van der Waals surface area contributed by atoms with E-state index in [1.54, 1.807) is 11.3 Å². The number of anilines is 3. The maximum atomic E-state index is 4.73. The van der Waals surface area contributed by atoms with Gasteiger partial charge in [-0.25, -0.2) is 4.98 Å². The Balaban J connectivity index is 1.35. The fourth-order valence-corrected chi connectivity index (χ4v) is 3.86. The third kappa shape index (κ3) is 2.84. The van der Waals surface area contributed by atoms with Crippen LogP contribution in [0, 0.1) is 0 Å². The van der Waals surface area contributed by atoms with Gasteiger partial charge in [0.2, 0.25) is 0 Å². The normalized spacial score (nSPS) is 13.6. The third-order valence-electron chi connectivity index (χ3n) is 4.49. The zero-order valence-electron chi connectivity index (χ0n) is 14.0. The molecule has 6 heteroatoms. The maximum absolute atomic E-state index is 4.73. The molecule has 0 aliphatic carbocycles. The molecule has 4 aromatic rings. The summed E-state index contributed by atoms with van der Waals surface area (Å²) in [7, 11) is 0. The van der Waals surface area contributed by atoms with Crippen molar-refractivity contribution in [1.29, 1.82) is 0 Å². The van der Waals surface area contributed by atoms with E-state index in [1.165, 1.54) is 11.1 Å². The highest BCUT2D eigenvalue weighted by atomic mass is 32.1. The lowest BCUT2D eigenvalue weighted by Crippen LogP contribution is -2.17. The van der Waals surface area contributed by atoms with Crippen molar-refractivity contribution in [2.24, 2.45) is 4.99 Å². The lowest BCUT2D eigenvalue weighted by molar-refractivity contribution is 1.02. The predicted octanol–water partition coefficient (Wildman–Crippen LogP) is 4.88. The fourth-order valence-electron chi connectivity index (χ4n) is 3.12. The molecule has 3 heterocycles. The second-order valence-corrected chi connectivity index (χ2v) is 7.06. The standard InChI is InChI=1S/C20H17N5S/c1-4-17(25-10-9-21-13-25)5-2-14(1)19-12-26-20(24-19)23-16-3-6-18-15(11-16)7-8-22-18/h1-8,11-13,22H,9-10H2,(H,23,24). The molecule has 0 spiro atoms. The van der Waals surface area contributed by atoms with Gasteiger partial charge in [-0.1, -0.05) is 12.1 Å². The second kappa shape index (κ2) is 6.31.